The van der Waals surface area contributed by atoms with Crippen LogP contribution in [0.4, 0.5) is 5.69 Å². The number of benzene rings is 3. The third kappa shape index (κ3) is 7.03. The van der Waals surface area contributed by atoms with Gasteiger partial charge >= 0.3 is 5.89 Å². The zero-order valence-electron chi connectivity index (χ0n) is 22.0. The number of fused-ring (bicyclic) bond motifs is 2. The fourth-order valence-corrected chi connectivity index (χ4v) is 5.78. The van der Waals surface area contributed by atoms with Crippen molar-refractivity contribution in [1.29, 1.82) is 0 Å². The van der Waals surface area contributed by atoms with Crippen molar-refractivity contribution in [2.24, 2.45) is 0 Å². The molecule has 2 N–H and O–H groups in total. The highest BCUT2D eigenvalue weighted by molar-refractivity contribution is 7.86. The minimum atomic E-state index is -4.13. The van der Waals surface area contributed by atoms with Gasteiger partial charge in [-0.2, -0.15) is 21.4 Å². The Hall–Kier alpha value is -3.97. The monoisotopic (exact) mass is 597 g/mol. The third-order valence-electron chi connectivity index (χ3n) is 6.52. The largest absolute Gasteiger partial charge is 0.439 e. The molecule has 214 valence electrons. The number of aryl methyl sites for hydroxylation is 1. The molecule has 5 rings (SSSR count). The van der Waals surface area contributed by atoms with Crippen LogP contribution in [0.5, 0.6) is 5.75 Å². The van der Waals surface area contributed by atoms with Crippen LogP contribution in [0.15, 0.2) is 95.2 Å². The molecule has 0 spiro atoms. The molecule has 0 unspecified atom stereocenters. The lowest BCUT2D eigenvalue weighted by atomic mass is 10.0. The highest BCUT2D eigenvalue weighted by Gasteiger charge is 2.27. The summed E-state index contributed by atoms with van der Waals surface area (Å²) in [5, 5.41) is 0. The Kier molecular flexibility index (Phi) is 8.27. The fraction of sp³-hybridized carbons (Fsp3) is 0.207. The molecular formula is C29H29N2O8S2+. The van der Waals surface area contributed by atoms with Crippen molar-refractivity contribution in [3.63, 3.8) is 0 Å². The number of ether oxygens (including phenoxy) is 1. The first kappa shape index (κ1) is 28.6. The van der Waals surface area contributed by atoms with Crippen LogP contribution in [0.1, 0.15) is 18.7 Å². The van der Waals surface area contributed by atoms with Gasteiger partial charge in [-0.05, 0) is 48.4 Å². The van der Waals surface area contributed by atoms with E-state index in [2.05, 4.69) is 0 Å². The molecular weight excluding hydrogens is 568 g/mol. The molecule has 1 aliphatic rings. The van der Waals surface area contributed by atoms with Gasteiger partial charge < -0.3 is 14.1 Å². The lowest BCUT2D eigenvalue weighted by molar-refractivity contribution is -0.677. The van der Waals surface area contributed by atoms with Crippen molar-refractivity contribution in [2.45, 2.75) is 19.4 Å². The van der Waals surface area contributed by atoms with Crippen LogP contribution in [0.2, 0.25) is 0 Å². The summed E-state index contributed by atoms with van der Waals surface area (Å²) in [4.78, 5) is 1.83. The van der Waals surface area contributed by atoms with Crippen LogP contribution in [0, 0.1) is 0 Å². The first-order valence-corrected chi connectivity index (χ1v) is 16.1. The number of nitrogens with zero attached hydrogens (tertiary/aromatic N) is 2. The smallest absolute Gasteiger partial charge is 0.374 e. The number of anilines is 1. The van der Waals surface area contributed by atoms with Crippen LogP contribution in [0.25, 0.3) is 28.3 Å². The van der Waals surface area contributed by atoms with Crippen LogP contribution in [0.3, 0.4) is 0 Å². The topological polar surface area (TPSA) is 138 Å². The molecule has 10 nitrogen and oxygen atoms in total. The van der Waals surface area contributed by atoms with Crippen LogP contribution in [-0.4, -0.2) is 44.0 Å². The highest BCUT2D eigenvalue weighted by Crippen LogP contribution is 2.38. The third-order valence-corrected chi connectivity index (χ3v) is 8.13. The SMILES string of the molecule is O=S(=O)(O)CCCN1C(=CC=Cc2oc3cccc(-c4ccccc4)c3[n+]2CCCS(=O)(=O)O)Oc2ccccc21. The maximum atomic E-state index is 11.4. The van der Waals surface area contributed by atoms with Crippen molar-refractivity contribution in [2.75, 3.05) is 23.0 Å². The van der Waals surface area contributed by atoms with Gasteiger partial charge in [-0.1, -0.05) is 48.5 Å². The van der Waals surface area contributed by atoms with Gasteiger partial charge in [0.15, 0.2) is 12.3 Å². The Morgan fingerprint density at radius 2 is 1.54 bits per heavy atom. The van der Waals surface area contributed by atoms with E-state index in [-0.39, 0.29) is 25.1 Å². The number of hydrogen-bond acceptors (Lipinski definition) is 7. The molecule has 0 saturated heterocycles. The molecule has 0 atom stereocenters. The van der Waals surface area contributed by atoms with E-state index in [0.717, 1.165) is 22.3 Å². The van der Waals surface area contributed by atoms with Crippen molar-refractivity contribution >= 4 is 43.1 Å². The molecule has 0 bridgehead atoms. The van der Waals surface area contributed by atoms with E-state index in [1.807, 2.05) is 82.3 Å². The van der Waals surface area contributed by atoms with Crippen molar-refractivity contribution in [1.82, 2.24) is 0 Å². The first-order valence-electron chi connectivity index (χ1n) is 12.9. The Balaban J connectivity index is 1.49. The molecule has 1 aliphatic heterocycles. The molecule has 0 saturated carbocycles. The van der Waals surface area contributed by atoms with Crippen molar-refractivity contribution < 1.29 is 39.7 Å². The molecule has 0 radical (unpaired) electrons. The van der Waals surface area contributed by atoms with E-state index in [1.165, 1.54) is 0 Å². The van der Waals surface area contributed by atoms with Crippen molar-refractivity contribution in [3.05, 3.63) is 96.7 Å². The molecule has 0 fully saturated rings. The van der Waals surface area contributed by atoms with Crippen LogP contribution < -0.4 is 14.2 Å². The number of oxazole rings is 1. The summed E-state index contributed by atoms with van der Waals surface area (Å²) in [6.45, 7) is 0.577. The van der Waals surface area contributed by atoms with E-state index >= 15 is 0 Å². The zero-order valence-corrected chi connectivity index (χ0v) is 23.6. The lowest BCUT2D eigenvalue weighted by Gasteiger charge is -2.17. The van der Waals surface area contributed by atoms with Gasteiger partial charge in [0.05, 0.1) is 28.8 Å². The maximum absolute atomic E-state index is 11.4. The molecule has 3 aromatic carbocycles. The summed E-state index contributed by atoms with van der Waals surface area (Å²) in [6.07, 6.45) is 5.55. The number of aromatic nitrogens is 1. The Bertz CT molecular complexity index is 1830. The zero-order chi connectivity index (χ0) is 29.0. The first-order chi connectivity index (χ1) is 19.6. The summed E-state index contributed by atoms with van der Waals surface area (Å²) < 4.78 is 77.8. The second kappa shape index (κ2) is 11.9. The molecule has 41 heavy (non-hydrogen) atoms. The second-order valence-corrected chi connectivity index (χ2v) is 12.6. The fourth-order valence-electron chi connectivity index (χ4n) is 4.79. The van der Waals surface area contributed by atoms with E-state index in [1.54, 1.807) is 18.2 Å². The lowest BCUT2D eigenvalue weighted by Crippen LogP contribution is -2.36. The quantitative estimate of drug-likeness (QED) is 0.186. The molecule has 0 aliphatic carbocycles. The maximum Gasteiger partial charge on any atom is 0.374 e. The Morgan fingerprint density at radius 3 is 2.29 bits per heavy atom. The van der Waals surface area contributed by atoms with Gasteiger partial charge in [-0.25, -0.2) is 0 Å². The van der Waals surface area contributed by atoms with E-state index in [9.17, 15) is 21.4 Å². The van der Waals surface area contributed by atoms with E-state index < -0.39 is 26.0 Å². The molecule has 4 aromatic rings. The van der Waals surface area contributed by atoms with Crippen molar-refractivity contribution in [3.8, 4) is 16.9 Å². The average Bonchev–Trinajstić information content (AvgIpc) is 3.45. The predicted octanol–water partition coefficient (Wildman–Crippen LogP) is 4.70. The summed E-state index contributed by atoms with van der Waals surface area (Å²) >= 11 is 0. The number of rotatable bonds is 11. The van der Waals surface area contributed by atoms with E-state index in [0.29, 0.717) is 29.7 Å². The van der Waals surface area contributed by atoms with Gasteiger partial charge in [0.2, 0.25) is 11.5 Å². The molecule has 1 aromatic heterocycles. The molecule has 0 amide bonds. The summed E-state index contributed by atoms with van der Waals surface area (Å²) in [5.74, 6) is 0.787. The Labute approximate surface area is 238 Å². The summed E-state index contributed by atoms with van der Waals surface area (Å²) in [7, 11) is -8.22. The second-order valence-electron chi connectivity index (χ2n) is 9.47. The molecule has 12 heteroatoms. The average molecular weight is 598 g/mol. The standard InChI is InChI=1S/C29H28N2O8S2/c32-40(33,34)20-8-18-30-24-13-4-5-14-25(24)38-27(30)16-7-17-28-31(19-9-21-41(35,36)37)29-23(12-6-15-26(29)39-28)22-10-2-1-3-11-22/h1-7,10-17H,8-9,18-21H2,(H-,32,33,34,35,36,37)/p+1. The normalized spacial score (nSPS) is 14.7. The Morgan fingerprint density at radius 1 is 0.829 bits per heavy atom. The minimum Gasteiger partial charge on any atom is -0.439 e. The van der Waals surface area contributed by atoms with Crippen LogP contribution in [-0.2, 0) is 26.8 Å². The number of allylic oxidation sites excluding steroid dienone is 2. The van der Waals surface area contributed by atoms with Gasteiger partial charge in [0, 0.05) is 13.0 Å². The van der Waals surface area contributed by atoms with E-state index in [4.69, 9.17) is 13.7 Å². The van der Waals surface area contributed by atoms with Gasteiger partial charge in [-0.15, -0.1) is 0 Å². The van der Waals surface area contributed by atoms with Gasteiger partial charge in [-0.3, -0.25) is 9.11 Å². The van der Waals surface area contributed by atoms with Gasteiger partial charge in [0.1, 0.15) is 0 Å². The highest BCUT2D eigenvalue weighted by atomic mass is 32.2. The predicted molar refractivity (Wildman–Crippen MR) is 155 cm³/mol. The van der Waals surface area contributed by atoms with Gasteiger partial charge in [0.25, 0.3) is 25.8 Å². The molecule has 2 heterocycles. The minimum absolute atomic E-state index is 0.170. The summed E-state index contributed by atoms with van der Waals surface area (Å²) in [5.41, 5.74) is 4.06. The number of para-hydroxylation sites is 3. The summed E-state index contributed by atoms with van der Waals surface area (Å²) in [6, 6.07) is 22.8. The number of hydrogen-bond donors (Lipinski definition) is 2. The van der Waals surface area contributed by atoms with Crippen LogP contribution >= 0.6 is 0 Å².